The minimum Gasteiger partial charge on any atom is -0.508 e. The molecule has 20 heteroatoms. The lowest BCUT2D eigenvalue weighted by atomic mass is 9.92. The van der Waals surface area contributed by atoms with Gasteiger partial charge in [0.05, 0.1) is 19.3 Å². The molecule has 1 aliphatic heterocycles. The predicted octanol–water partition coefficient (Wildman–Crippen LogP) is 6.44. The van der Waals surface area contributed by atoms with Crippen LogP contribution in [0.15, 0.2) is 34.8 Å². The summed E-state index contributed by atoms with van der Waals surface area (Å²) >= 11 is 1.30. The number of nitrogens with zero attached hydrogens (tertiary/aromatic N) is 6. The number of benzene rings is 1. The first-order valence-corrected chi connectivity index (χ1v) is 24.3. The van der Waals surface area contributed by atoms with Gasteiger partial charge in [0.15, 0.2) is 0 Å². The number of phenolic OH excluding ortho intramolecular Hbond substituents is 1. The van der Waals surface area contributed by atoms with Crippen LogP contribution in [0.4, 0.5) is 4.79 Å². The second-order valence-electron chi connectivity index (χ2n) is 17.4. The normalized spacial score (nSPS) is 16.7. The number of likely N-dealkylation sites (tertiary alicyclic amines) is 1. The number of ether oxygens (including phenoxy) is 3. The molecule has 7 atom stereocenters. The van der Waals surface area contributed by atoms with Crippen LogP contribution in [0.25, 0.3) is 10.4 Å². The summed E-state index contributed by atoms with van der Waals surface area (Å²) in [4.78, 5) is 79.1. The van der Waals surface area contributed by atoms with Crippen molar-refractivity contribution < 1.29 is 43.3 Å². The van der Waals surface area contributed by atoms with Gasteiger partial charge in [-0.1, -0.05) is 78.6 Å². The molecule has 1 aromatic heterocycles. The van der Waals surface area contributed by atoms with Crippen LogP contribution in [0.1, 0.15) is 127 Å². The Bertz CT molecular complexity index is 1860. The van der Waals surface area contributed by atoms with Crippen LogP contribution in [-0.4, -0.2) is 127 Å². The molecule has 0 radical (unpaired) electrons. The third-order valence-electron chi connectivity index (χ3n) is 11.8. The van der Waals surface area contributed by atoms with Gasteiger partial charge in [0.1, 0.15) is 35.2 Å². The predicted molar refractivity (Wildman–Crippen MR) is 252 cm³/mol. The molecule has 66 heavy (non-hydrogen) atoms. The van der Waals surface area contributed by atoms with Gasteiger partial charge in [-0.15, -0.1) is 11.3 Å². The van der Waals surface area contributed by atoms with Crippen LogP contribution in [-0.2, 0) is 35.0 Å². The average molecular weight is 943 g/mol. The quantitative estimate of drug-likeness (QED) is 0.0204. The minimum atomic E-state index is -0.894. The Morgan fingerprint density at radius 2 is 1.73 bits per heavy atom. The SMILES string of the molecule is CCCO[C@H](C[C@H](C(C)C)N(CCC)C(=O)[C@@H](NC(=O)[C@H]1CCCCN1C)[C@@H](C)CC)c1nc(C(=O)N[C@@H](Cc2ccc(O)cc2)C[C@H](C)C(=O)NNC(=O)OCCOCCN=[N+]=[N-])cs1. The number of hydrogen-bond donors (Lipinski definition) is 5. The summed E-state index contributed by atoms with van der Waals surface area (Å²) in [5.74, 6) is -1.84. The van der Waals surface area contributed by atoms with Gasteiger partial charge in [-0.3, -0.25) is 29.5 Å². The Kier molecular flexibility index (Phi) is 24.8. The Labute approximate surface area is 394 Å². The first-order valence-electron chi connectivity index (χ1n) is 23.4. The van der Waals surface area contributed by atoms with Crippen LogP contribution in [0.5, 0.6) is 5.75 Å². The van der Waals surface area contributed by atoms with Crippen molar-refractivity contribution >= 4 is 41.1 Å². The van der Waals surface area contributed by atoms with Crippen LogP contribution in [0, 0.1) is 17.8 Å². The summed E-state index contributed by atoms with van der Waals surface area (Å²) in [6.07, 6.45) is 4.47. The number of nitrogens with one attached hydrogen (secondary N) is 4. The topological polar surface area (TPSA) is 250 Å². The molecule has 0 saturated carbocycles. The third-order valence-corrected chi connectivity index (χ3v) is 12.7. The summed E-state index contributed by atoms with van der Waals surface area (Å²) in [7, 11) is 1.96. The zero-order chi connectivity index (χ0) is 48.6. The van der Waals surface area contributed by atoms with E-state index in [0.29, 0.717) is 37.4 Å². The van der Waals surface area contributed by atoms with Crippen molar-refractivity contribution in [1.82, 2.24) is 36.3 Å². The number of thiazole rings is 1. The number of hydrazine groups is 1. The van der Waals surface area contributed by atoms with Crippen molar-refractivity contribution in [3.05, 3.63) is 56.4 Å². The minimum absolute atomic E-state index is 0.0244. The number of phenols is 1. The number of hydrogen-bond acceptors (Lipinski definition) is 13. The Hall–Kier alpha value is -5.01. The summed E-state index contributed by atoms with van der Waals surface area (Å²) in [6.45, 7) is 16.0. The molecule has 0 aliphatic carbocycles. The number of amides is 5. The van der Waals surface area contributed by atoms with Crippen LogP contribution in [0.3, 0.4) is 0 Å². The van der Waals surface area contributed by atoms with E-state index in [2.05, 4.69) is 50.3 Å². The van der Waals surface area contributed by atoms with Gasteiger partial charge >= 0.3 is 6.09 Å². The molecular weight excluding hydrogens is 869 g/mol. The lowest BCUT2D eigenvalue weighted by Crippen LogP contribution is -2.58. The maximum Gasteiger partial charge on any atom is 0.426 e. The molecule has 0 spiro atoms. The highest BCUT2D eigenvalue weighted by Gasteiger charge is 2.38. The first kappa shape index (κ1) is 55.3. The average Bonchev–Trinajstić information content (AvgIpc) is 3.80. The molecule has 19 nitrogen and oxygen atoms in total. The van der Waals surface area contributed by atoms with Gasteiger partial charge in [0.25, 0.3) is 5.91 Å². The maximum absolute atomic E-state index is 14.7. The lowest BCUT2D eigenvalue weighted by molar-refractivity contribution is -0.143. The fourth-order valence-electron chi connectivity index (χ4n) is 7.84. The summed E-state index contributed by atoms with van der Waals surface area (Å²) in [5, 5.41) is 21.7. The molecule has 0 unspecified atom stereocenters. The fourth-order valence-corrected chi connectivity index (χ4v) is 8.70. The molecule has 1 fully saturated rings. The molecule has 2 aromatic rings. The molecule has 0 bridgehead atoms. The highest BCUT2D eigenvalue weighted by molar-refractivity contribution is 7.09. The van der Waals surface area contributed by atoms with Crippen molar-refractivity contribution in [1.29, 1.82) is 0 Å². The van der Waals surface area contributed by atoms with Crippen LogP contribution < -0.4 is 21.5 Å². The van der Waals surface area contributed by atoms with Gasteiger partial charge in [-0.2, -0.15) is 0 Å². The summed E-state index contributed by atoms with van der Waals surface area (Å²) in [5.41, 5.74) is 13.9. The maximum atomic E-state index is 14.7. The molecule has 3 rings (SSSR count). The second-order valence-corrected chi connectivity index (χ2v) is 18.3. The van der Waals surface area contributed by atoms with Gasteiger partial charge in [-0.05, 0) is 87.2 Å². The van der Waals surface area contributed by atoms with Crippen molar-refractivity contribution in [3.63, 3.8) is 0 Å². The number of azide groups is 1. The van der Waals surface area contributed by atoms with Gasteiger partial charge in [0, 0.05) is 54.4 Å². The number of piperidine rings is 1. The lowest BCUT2D eigenvalue weighted by Gasteiger charge is -2.40. The van der Waals surface area contributed by atoms with E-state index >= 15 is 0 Å². The highest BCUT2D eigenvalue weighted by atomic mass is 32.1. The van der Waals surface area contributed by atoms with E-state index in [1.54, 1.807) is 36.6 Å². The summed E-state index contributed by atoms with van der Waals surface area (Å²) in [6, 6.07) is 4.78. The van der Waals surface area contributed by atoms with Gasteiger partial charge in [0.2, 0.25) is 17.7 Å². The number of rotatable bonds is 28. The van der Waals surface area contributed by atoms with E-state index in [0.717, 1.165) is 44.2 Å². The largest absolute Gasteiger partial charge is 0.508 e. The second kappa shape index (κ2) is 29.6. The Morgan fingerprint density at radius 1 is 0.985 bits per heavy atom. The number of likely N-dealkylation sites (N-methyl/N-ethyl adjacent to an activating group) is 1. The smallest absolute Gasteiger partial charge is 0.426 e. The zero-order valence-corrected chi connectivity index (χ0v) is 40.9. The van der Waals surface area contributed by atoms with E-state index in [1.807, 2.05) is 39.6 Å². The van der Waals surface area contributed by atoms with Gasteiger partial charge in [-0.25, -0.2) is 15.2 Å². The number of carbonyl (C=O) groups is 5. The number of aromatic nitrogens is 1. The molecular formula is C46H74N10O9S. The molecule has 368 valence electrons. The third kappa shape index (κ3) is 18.3. The number of carbonyl (C=O) groups excluding carboxylic acids is 5. The molecule has 5 amide bonds. The summed E-state index contributed by atoms with van der Waals surface area (Å²) < 4.78 is 16.6. The van der Waals surface area contributed by atoms with E-state index in [-0.39, 0.29) is 80.0 Å². The molecule has 5 N–H and O–H groups in total. The first-order chi connectivity index (χ1) is 31.6. The zero-order valence-electron chi connectivity index (χ0n) is 40.1. The van der Waals surface area contributed by atoms with Crippen molar-refractivity contribution in [2.24, 2.45) is 22.9 Å². The number of aromatic hydroxyl groups is 1. The fraction of sp³-hybridized carbons (Fsp3) is 0.696. The van der Waals surface area contributed by atoms with Crippen molar-refractivity contribution in [3.8, 4) is 5.75 Å². The van der Waals surface area contributed by atoms with E-state index in [4.69, 9.17) is 24.7 Å². The van der Waals surface area contributed by atoms with Gasteiger partial charge < -0.3 is 34.9 Å². The van der Waals surface area contributed by atoms with Crippen molar-refractivity contribution in [2.75, 3.05) is 53.1 Å². The molecule has 1 aromatic carbocycles. The Balaban J connectivity index is 1.78. The molecule has 1 aliphatic rings. The van der Waals surface area contributed by atoms with Crippen molar-refractivity contribution in [2.45, 2.75) is 137 Å². The molecule has 2 heterocycles. The van der Waals surface area contributed by atoms with Crippen LogP contribution in [0.2, 0.25) is 0 Å². The monoisotopic (exact) mass is 943 g/mol. The molecule has 1 saturated heterocycles. The van der Waals surface area contributed by atoms with Crippen LogP contribution >= 0.6 is 11.3 Å². The Morgan fingerprint density at radius 3 is 2.38 bits per heavy atom. The van der Waals surface area contributed by atoms with E-state index in [9.17, 15) is 29.1 Å². The highest BCUT2D eigenvalue weighted by Crippen LogP contribution is 2.32. The standard InChI is InChI=1S/C46H74N10O9S/c1-9-20-56(45(61)40(31(6)11-3)51-43(60)37-14-12-13-21-55(37)8)38(30(4)5)28-39(64-22-10-2)44-50-36(29-66-44)42(59)49-34(27-33-15-17-35(57)18-16-33)26-32(7)41(58)52-53-46(62)65-25-24-63-23-19-48-54-47/h15-18,29-32,34,37-40,57H,9-14,19-28H2,1-8H3,(H,49,59)(H,51,60)(H,52,58)(H,53,62)/t31-,32-,34+,37+,38+,39+,40-/m0/s1. The van der Waals surface area contributed by atoms with E-state index in [1.165, 1.54) is 11.3 Å². The van der Waals surface area contributed by atoms with E-state index < -0.39 is 42.0 Å².